The zero-order chi connectivity index (χ0) is 8.65. The van der Waals surface area contributed by atoms with E-state index in [-0.39, 0.29) is 17.1 Å². The first-order valence-corrected chi connectivity index (χ1v) is 3.95. The van der Waals surface area contributed by atoms with Crippen molar-refractivity contribution in [3.8, 4) is 0 Å². The van der Waals surface area contributed by atoms with Crippen molar-refractivity contribution in [1.29, 1.82) is 0 Å². The molecule has 1 fully saturated rings. The van der Waals surface area contributed by atoms with Crippen molar-refractivity contribution in [2.75, 3.05) is 0 Å². The van der Waals surface area contributed by atoms with Crippen LogP contribution in [0.5, 0.6) is 0 Å². The van der Waals surface area contributed by atoms with E-state index in [9.17, 15) is 9.59 Å². The van der Waals surface area contributed by atoms with Crippen LogP contribution in [0.4, 0.5) is 0 Å². The zero-order valence-electron chi connectivity index (χ0n) is 7.26. The lowest BCUT2D eigenvalue weighted by Gasteiger charge is -1.97. The van der Waals surface area contributed by atoms with Crippen molar-refractivity contribution >= 4 is 12.1 Å². The van der Waals surface area contributed by atoms with E-state index in [1.165, 1.54) is 0 Å². The Morgan fingerprint density at radius 2 is 2.09 bits per heavy atom. The monoisotopic (exact) mass is 154 g/mol. The average molecular weight is 154 g/mol. The minimum absolute atomic E-state index is 0.0768. The van der Waals surface area contributed by atoms with Gasteiger partial charge in [-0.3, -0.25) is 0 Å². The SMILES string of the molecule is CC(=O)CC1C(C=O)C1(C)C. The van der Waals surface area contributed by atoms with E-state index >= 15 is 0 Å². The van der Waals surface area contributed by atoms with Crippen molar-refractivity contribution in [1.82, 2.24) is 0 Å². The van der Waals surface area contributed by atoms with Crippen LogP contribution in [0.2, 0.25) is 0 Å². The summed E-state index contributed by atoms with van der Waals surface area (Å²) in [7, 11) is 0. The molecule has 1 saturated carbocycles. The highest BCUT2D eigenvalue weighted by Gasteiger charge is 2.57. The van der Waals surface area contributed by atoms with Gasteiger partial charge in [-0.1, -0.05) is 13.8 Å². The predicted molar refractivity (Wildman–Crippen MR) is 42.1 cm³/mol. The Morgan fingerprint density at radius 1 is 1.55 bits per heavy atom. The molecule has 0 heterocycles. The standard InChI is InChI=1S/C9H14O2/c1-6(11)4-7-8(5-10)9(7,2)3/h5,7-8H,4H2,1-3H3. The van der Waals surface area contributed by atoms with Gasteiger partial charge >= 0.3 is 0 Å². The Kier molecular flexibility index (Phi) is 1.87. The quantitative estimate of drug-likeness (QED) is 0.576. The first-order valence-electron chi connectivity index (χ1n) is 3.95. The lowest BCUT2D eigenvalue weighted by Crippen LogP contribution is -1.96. The predicted octanol–water partition coefficient (Wildman–Crippen LogP) is 1.44. The fourth-order valence-corrected chi connectivity index (χ4v) is 1.76. The molecule has 0 saturated heterocycles. The molecule has 0 amide bonds. The second-order valence-corrected chi connectivity index (χ2v) is 4.00. The Hall–Kier alpha value is -0.660. The highest BCUT2D eigenvalue weighted by atomic mass is 16.1. The molecule has 0 bridgehead atoms. The molecule has 0 aromatic carbocycles. The molecule has 0 aliphatic heterocycles. The number of hydrogen-bond donors (Lipinski definition) is 0. The third-order valence-corrected chi connectivity index (χ3v) is 2.79. The molecule has 0 aromatic heterocycles. The maximum absolute atomic E-state index is 10.7. The van der Waals surface area contributed by atoms with E-state index in [0.29, 0.717) is 12.3 Å². The summed E-state index contributed by atoms with van der Waals surface area (Å²) in [5.41, 5.74) is 0.0768. The van der Waals surface area contributed by atoms with Gasteiger partial charge in [-0.05, 0) is 18.3 Å². The Morgan fingerprint density at radius 3 is 2.36 bits per heavy atom. The van der Waals surface area contributed by atoms with Gasteiger partial charge < -0.3 is 9.59 Å². The molecule has 0 radical (unpaired) electrons. The van der Waals surface area contributed by atoms with E-state index < -0.39 is 0 Å². The molecule has 2 nitrogen and oxygen atoms in total. The molecule has 1 rings (SSSR count). The molecule has 2 atom stereocenters. The van der Waals surface area contributed by atoms with E-state index in [0.717, 1.165) is 6.29 Å². The summed E-state index contributed by atoms with van der Waals surface area (Å²) in [5, 5.41) is 0. The maximum atomic E-state index is 10.7. The highest BCUT2D eigenvalue weighted by molar-refractivity contribution is 5.77. The minimum Gasteiger partial charge on any atom is -0.303 e. The second kappa shape index (κ2) is 2.43. The summed E-state index contributed by atoms with van der Waals surface area (Å²) in [4.78, 5) is 21.2. The average Bonchev–Trinajstić information content (AvgIpc) is 2.33. The smallest absolute Gasteiger partial charge is 0.130 e. The van der Waals surface area contributed by atoms with E-state index in [1.54, 1.807) is 6.92 Å². The van der Waals surface area contributed by atoms with Crippen LogP contribution in [0, 0.1) is 17.3 Å². The van der Waals surface area contributed by atoms with Crippen molar-refractivity contribution in [2.45, 2.75) is 27.2 Å². The fraction of sp³-hybridized carbons (Fsp3) is 0.778. The Labute approximate surface area is 67.0 Å². The highest BCUT2D eigenvalue weighted by Crippen LogP contribution is 2.58. The van der Waals surface area contributed by atoms with E-state index in [4.69, 9.17) is 0 Å². The van der Waals surface area contributed by atoms with Gasteiger partial charge in [-0.15, -0.1) is 0 Å². The molecular weight excluding hydrogens is 140 g/mol. The summed E-state index contributed by atoms with van der Waals surface area (Å²) in [6.07, 6.45) is 1.55. The van der Waals surface area contributed by atoms with Gasteiger partial charge in [0.25, 0.3) is 0 Å². The number of aldehydes is 1. The van der Waals surface area contributed by atoms with Crippen molar-refractivity contribution in [3.63, 3.8) is 0 Å². The number of rotatable bonds is 3. The molecule has 62 valence electrons. The number of carbonyl (C=O) groups is 2. The van der Waals surface area contributed by atoms with Crippen LogP contribution in [-0.4, -0.2) is 12.1 Å². The van der Waals surface area contributed by atoms with Gasteiger partial charge in [0.15, 0.2) is 0 Å². The molecule has 11 heavy (non-hydrogen) atoms. The van der Waals surface area contributed by atoms with Crippen molar-refractivity contribution in [3.05, 3.63) is 0 Å². The molecule has 1 aliphatic carbocycles. The van der Waals surface area contributed by atoms with Gasteiger partial charge in [0.2, 0.25) is 0 Å². The first-order chi connectivity index (χ1) is 5.00. The number of ketones is 1. The van der Waals surface area contributed by atoms with Gasteiger partial charge in [0.05, 0.1) is 0 Å². The molecule has 0 N–H and O–H groups in total. The summed E-state index contributed by atoms with van der Waals surface area (Å²) in [5.74, 6) is 0.608. The van der Waals surface area contributed by atoms with Gasteiger partial charge in [0, 0.05) is 12.3 Å². The first kappa shape index (κ1) is 8.44. The van der Waals surface area contributed by atoms with Crippen LogP contribution in [0.15, 0.2) is 0 Å². The topological polar surface area (TPSA) is 34.1 Å². The molecule has 1 aliphatic rings. The third-order valence-electron chi connectivity index (χ3n) is 2.79. The van der Waals surface area contributed by atoms with E-state index in [2.05, 4.69) is 0 Å². The summed E-state index contributed by atoms with van der Waals surface area (Å²) < 4.78 is 0. The van der Waals surface area contributed by atoms with Gasteiger partial charge in [-0.2, -0.15) is 0 Å². The van der Waals surface area contributed by atoms with Crippen LogP contribution in [0.3, 0.4) is 0 Å². The largest absolute Gasteiger partial charge is 0.303 e. The van der Waals surface area contributed by atoms with Crippen LogP contribution >= 0.6 is 0 Å². The summed E-state index contributed by atoms with van der Waals surface area (Å²) in [6.45, 7) is 5.66. The normalized spacial score (nSPS) is 33.0. The Balaban J connectivity index is 2.52. The van der Waals surface area contributed by atoms with Crippen LogP contribution in [0.1, 0.15) is 27.2 Å². The maximum Gasteiger partial charge on any atom is 0.130 e. The molecule has 0 aromatic rings. The van der Waals surface area contributed by atoms with Crippen molar-refractivity contribution in [2.24, 2.45) is 17.3 Å². The molecule has 2 unspecified atom stereocenters. The lowest BCUT2D eigenvalue weighted by molar-refractivity contribution is -0.117. The molecule has 0 spiro atoms. The lowest BCUT2D eigenvalue weighted by atomic mass is 10.1. The summed E-state index contributed by atoms with van der Waals surface area (Å²) >= 11 is 0. The third kappa shape index (κ3) is 1.35. The van der Waals surface area contributed by atoms with Gasteiger partial charge in [-0.25, -0.2) is 0 Å². The van der Waals surface area contributed by atoms with E-state index in [1.807, 2.05) is 13.8 Å². The summed E-state index contributed by atoms with van der Waals surface area (Å²) in [6, 6.07) is 0. The van der Waals surface area contributed by atoms with Crippen molar-refractivity contribution < 1.29 is 9.59 Å². The van der Waals surface area contributed by atoms with Gasteiger partial charge in [0.1, 0.15) is 12.1 Å². The Bertz CT molecular complexity index is 194. The number of hydrogen-bond acceptors (Lipinski definition) is 2. The number of carbonyl (C=O) groups excluding carboxylic acids is 2. The zero-order valence-corrected chi connectivity index (χ0v) is 7.26. The second-order valence-electron chi connectivity index (χ2n) is 4.00. The van der Waals surface area contributed by atoms with Crippen LogP contribution in [-0.2, 0) is 9.59 Å². The van der Waals surface area contributed by atoms with Crippen LogP contribution in [0.25, 0.3) is 0 Å². The minimum atomic E-state index is 0.0768. The number of Topliss-reactive ketones (excluding diaryl/α,β-unsaturated/α-hetero) is 1. The molecule has 2 heteroatoms. The molecular formula is C9H14O2. The van der Waals surface area contributed by atoms with Crippen LogP contribution < -0.4 is 0 Å². The fourth-order valence-electron chi connectivity index (χ4n) is 1.76.